The van der Waals surface area contributed by atoms with Gasteiger partial charge in [0.1, 0.15) is 0 Å². The molecule has 0 spiro atoms. The molecular weight excluding hydrogens is 300 g/mol. The average Bonchev–Trinajstić information content (AvgIpc) is 2.56. The number of carboxylic acid groups (broad SMARTS) is 1. The van der Waals surface area contributed by atoms with Gasteiger partial charge in [-0.05, 0) is 12.8 Å². The minimum absolute atomic E-state index is 0.330. The van der Waals surface area contributed by atoms with Crippen LogP contribution in [0.3, 0.4) is 0 Å². The Morgan fingerprint density at radius 2 is 1.13 bits per heavy atom. The summed E-state index contributed by atoms with van der Waals surface area (Å²) in [5, 5.41) is 7.60. The van der Waals surface area contributed by atoms with Gasteiger partial charge in [-0.15, -0.1) is 0 Å². The normalized spacial score (nSPS) is 8.09. The largest absolute Gasteiger partial charge is 0.478 e. The molecule has 0 bridgehead atoms. The van der Waals surface area contributed by atoms with Gasteiger partial charge in [-0.3, -0.25) is 0 Å². The Morgan fingerprint density at radius 3 is 1.30 bits per heavy atom. The van der Waals surface area contributed by atoms with E-state index in [9.17, 15) is 14.4 Å². The molecule has 0 saturated carbocycles. The number of aliphatic carboxylic acids is 1. The van der Waals surface area contributed by atoms with Gasteiger partial charge in [-0.1, -0.05) is 46.4 Å². The van der Waals surface area contributed by atoms with E-state index in [2.05, 4.69) is 29.2 Å². The summed E-state index contributed by atoms with van der Waals surface area (Å²) in [4.78, 5) is 29.9. The molecular formula is C17H28O6. The number of unbranched alkanes of at least 4 members (excludes halogenated alkanes) is 2. The standard InChI is InChI=1S/2C7H12O2.C3H4O2/c2*1-3-5-6-9-7(8)4-2;1-2-3(4)5/h2*4H,2-3,5-6H2,1H3;2H,1H2,(H,4,5). The van der Waals surface area contributed by atoms with Crippen molar-refractivity contribution in [1.29, 1.82) is 0 Å². The van der Waals surface area contributed by atoms with Gasteiger partial charge in [0.15, 0.2) is 0 Å². The highest BCUT2D eigenvalue weighted by molar-refractivity contribution is 5.81. The van der Waals surface area contributed by atoms with Gasteiger partial charge >= 0.3 is 17.9 Å². The van der Waals surface area contributed by atoms with Gasteiger partial charge < -0.3 is 14.6 Å². The molecule has 0 aliphatic heterocycles. The minimum Gasteiger partial charge on any atom is -0.478 e. The Kier molecular flexibility index (Phi) is 24.4. The van der Waals surface area contributed by atoms with Gasteiger partial charge in [0.05, 0.1) is 13.2 Å². The predicted molar refractivity (Wildman–Crippen MR) is 90.0 cm³/mol. The summed E-state index contributed by atoms with van der Waals surface area (Å²) in [5.74, 6) is -1.64. The maximum Gasteiger partial charge on any atom is 0.330 e. The lowest BCUT2D eigenvalue weighted by Gasteiger charge is -1.97. The van der Waals surface area contributed by atoms with E-state index in [4.69, 9.17) is 5.11 Å². The second-order valence-electron chi connectivity index (χ2n) is 3.99. The zero-order valence-electron chi connectivity index (χ0n) is 14.1. The first-order chi connectivity index (χ1) is 10.9. The highest BCUT2D eigenvalue weighted by atomic mass is 16.5. The lowest BCUT2D eigenvalue weighted by atomic mass is 10.4. The SMILES string of the molecule is C=CC(=O)O.C=CC(=O)OCCCC.C=CC(=O)OCCCC. The minimum atomic E-state index is -0.981. The second kappa shape index (κ2) is 21.9. The molecule has 0 radical (unpaired) electrons. The molecule has 0 saturated heterocycles. The number of carbonyl (C=O) groups excluding carboxylic acids is 2. The summed E-state index contributed by atoms with van der Waals surface area (Å²) in [6, 6.07) is 0. The van der Waals surface area contributed by atoms with E-state index >= 15 is 0 Å². The van der Waals surface area contributed by atoms with E-state index in [1.807, 2.05) is 13.8 Å². The van der Waals surface area contributed by atoms with E-state index in [0.29, 0.717) is 13.2 Å². The Bertz CT molecular complexity index is 334. The highest BCUT2D eigenvalue weighted by Crippen LogP contribution is 1.88. The smallest absolute Gasteiger partial charge is 0.330 e. The van der Waals surface area contributed by atoms with Crippen molar-refractivity contribution in [3.05, 3.63) is 38.0 Å². The molecule has 6 heteroatoms. The van der Waals surface area contributed by atoms with Crippen molar-refractivity contribution in [2.24, 2.45) is 0 Å². The van der Waals surface area contributed by atoms with E-state index < -0.39 is 5.97 Å². The number of ether oxygens (including phenoxy) is 2. The Hall–Kier alpha value is -2.37. The average molecular weight is 328 g/mol. The zero-order chi connectivity index (χ0) is 18.5. The number of carbonyl (C=O) groups is 3. The molecule has 23 heavy (non-hydrogen) atoms. The third-order valence-corrected chi connectivity index (χ3v) is 1.99. The van der Waals surface area contributed by atoms with Gasteiger partial charge in [-0.25, -0.2) is 14.4 Å². The number of hydrogen-bond acceptors (Lipinski definition) is 5. The molecule has 0 aliphatic rings. The molecule has 0 aromatic rings. The summed E-state index contributed by atoms with van der Waals surface area (Å²) in [5.41, 5.74) is 0. The zero-order valence-corrected chi connectivity index (χ0v) is 14.1. The van der Waals surface area contributed by atoms with Crippen LogP contribution in [-0.4, -0.2) is 36.2 Å². The van der Waals surface area contributed by atoms with Crippen LogP contribution in [0.25, 0.3) is 0 Å². The summed E-state index contributed by atoms with van der Waals surface area (Å²) < 4.78 is 9.35. The van der Waals surface area contributed by atoms with Crippen LogP contribution in [0.5, 0.6) is 0 Å². The van der Waals surface area contributed by atoms with Gasteiger partial charge in [0.25, 0.3) is 0 Å². The number of rotatable bonds is 9. The van der Waals surface area contributed by atoms with Gasteiger partial charge in [0.2, 0.25) is 0 Å². The maximum atomic E-state index is 10.3. The Morgan fingerprint density at radius 1 is 0.826 bits per heavy atom. The first-order valence-electron chi connectivity index (χ1n) is 7.33. The van der Waals surface area contributed by atoms with Crippen molar-refractivity contribution in [2.75, 3.05) is 13.2 Å². The third-order valence-electron chi connectivity index (χ3n) is 1.99. The molecule has 0 aromatic heterocycles. The maximum absolute atomic E-state index is 10.3. The summed E-state index contributed by atoms with van der Waals surface area (Å²) in [7, 11) is 0. The summed E-state index contributed by atoms with van der Waals surface area (Å²) in [6.45, 7) is 14.6. The molecule has 1 N–H and O–H groups in total. The predicted octanol–water partition coefficient (Wildman–Crippen LogP) is 3.29. The number of hydrogen-bond donors (Lipinski definition) is 1. The molecule has 132 valence electrons. The van der Waals surface area contributed by atoms with Crippen molar-refractivity contribution in [3.63, 3.8) is 0 Å². The number of carboxylic acids is 1. The van der Waals surface area contributed by atoms with Crippen LogP contribution in [-0.2, 0) is 23.9 Å². The van der Waals surface area contributed by atoms with Gasteiger partial charge in [-0.2, -0.15) is 0 Å². The topological polar surface area (TPSA) is 89.9 Å². The fourth-order valence-electron chi connectivity index (χ4n) is 0.752. The molecule has 0 atom stereocenters. The summed E-state index contributed by atoms with van der Waals surface area (Å²) in [6.07, 6.45) is 7.14. The van der Waals surface area contributed by atoms with Crippen molar-refractivity contribution in [3.8, 4) is 0 Å². The molecule has 6 nitrogen and oxygen atoms in total. The molecule has 0 fully saturated rings. The van der Waals surface area contributed by atoms with E-state index in [-0.39, 0.29) is 11.9 Å². The van der Waals surface area contributed by atoms with Crippen LogP contribution in [0.15, 0.2) is 38.0 Å². The van der Waals surface area contributed by atoms with Crippen LogP contribution >= 0.6 is 0 Å². The first kappa shape index (κ1) is 25.6. The Balaban J connectivity index is -0.000000273. The second-order valence-corrected chi connectivity index (χ2v) is 3.99. The molecule has 0 aromatic carbocycles. The van der Waals surface area contributed by atoms with Crippen LogP contribution in [0.2, 0.25) is 0 Å². The number of esters is 2. The van der Waals surface area contributed by atoms with Crippen LogP contribution in [0.4, 0.5) is 0 Å². The molecule has 0 unspecified atom stereocenters. The third kappa shape index (κ3) is 32.8. The van der Waals surface area contributed by atoms with Crippen molar-refractivity contribution < 1.29 is 29.0 Å². The lowest BCUT2D eigenvalue weighted by molar-refractivity contribution is -0.138. The fourth-order valence-corrected chi connectivity index (χ4v) is 0.752. The van der Waals surface area contributed by atoms with Crippen LogP contribution in [0, 0.1) is 0 Å². The van der Waals surface area contributed by atoms with Crippen molar-refractivity contribution in [2.45, 2.75) is 39.5 Å². The van der Waals surface area contributed by atoms with Gasteiger partial charge in [0, 0.05) is 18.2 Å². The van der Waals surface area contributed by atoms with Crippen LogP contribution < -0.4 is 0 Å². The highest BCUT2D eigenvalue weighted by Gasteiger charge is 1.92. The van der Waals surface area contributed by atoms with Crippen molar-refractivity contribution in [1.82, 2.24) is 0 Å². The molecule has 0 rings (SSSR count). The van der Waals surface area contributed by atoms with E-state index in [1.165, 1.54) is 12.2 Å². The summed E-state index contributed by atoms with van der Waals surface area (Å²) >= 11 is 0. The quantitative estimate of drug-likeness (QED) is 0.397. The van der Waals surface area contributed by atoms with E-state index in [1.54, 1.807) is 0 Å². The van der Waals surface area contributed by atoms with E-state index in [0.717, 1.165) is 31.8 Å². The Labute approximate surface area is 138 Å². The molecule has 0 heterocycles. The molecule has 0 amide bonds. The van der Waals surface area contributed by atoms with Crippen molar-refractivity contribution >= 4 is 17.9 Å². The monoisotopic (exact) mass is 328 g/mol. The lowest BCUT2D eigenvalue weighted by Crippen LogP contribution is -2.00. The first-order valence-corrected chi connectivity index (χ1v) is 7.33. The van der Waals surface area contributed by atoms with Crippen LogP contribution in [0.1, 0.15) is 39.5 Å². The molecule has 0 aliphatic carbocycles. The fraction of sp³-hybridized carbons (Fsp3) is 0.471.